The Morgan fingerprint density at radius 1 is 1.47 bits per heavy atom. The lowest BCUT2D eigenvalue weighted by Gasteiger charge is -2.12. The van der Waals surface area contributed by atoms with Gasteiger partial charge in [0.25, 0.3) is 0 Å². The van der Waals surface area contributed by atoms with Gasteiger partial charge in [-0.2, -0.15) is 11.8 Å². The highest BCUT2D eigenvalue weighted by atomic mass is 32.2. The van der Waals surface area contributed by atoms with Gasteiger partial charge >= 0.3 is 0 Å². The van der Waals surface area contributed by atoms with E-state index in [9.17, 15) is 0 Å². The molecule has 0 aliphatic rings. The molecule has 15 heavy (non-hydrogen) atoms. The van der Waals surface area contributed by atoms with Crippen molar-refractivity contribution >= 4 is 23.1 Å². The predicted molar refractivity (Wildman–Crippen MR) is 73.2 cm³/mol. The molecule has 86 valence electrons. The second-order valence-corrected chi connectivity index (χ2v) is 6.28. The van der Waals surface area contributed by atoms with Crippen molar-refractivity contribution in [2.75, 3.05) is 18.6 Å². The third kappa shape index (κ3) is 5.59. The van der Waals surface area contributed by atoms with Crippen LogP contribution >= 0.6 is 23.1 Å². The summed E-state index contributed by atoms with van der Waals surface area (Å²) in [6, 6.07) is 5.06. The van der Waals surface area contributed by atoms with E-state index in [1.54, 1.807) is 0 Å². The van der Waals surface area contributed by atoms with Crippen LogP contribution in [0.2, 0.25) is 0 Å². The lowest BCUT2D eigenvalue weighted by Crippen LogP contribution is -2.28. The first-order chi connectivity index (χ1) is 7.22. The molecule has 1 rings (SSSR count). The first-order valence-electron chi connectivity index (χ1n) is 5.50. The van der Waals surface area contributed by atoms with Gasteiger partial charge in [0, 0.05) is 15.8 Å². The third-order valence-corrected chi connectivity index (χ3v) is 4.04. The molecule has 1 nitrogen and oxygen atoms in total. The minimum absolute atomic E-state index is 0.602. The van der Waals surface area contributed by atoms with Gasteiger partial charge in [0.05, 0.1) is 0 Å². The Morgan fingerprint density at radius 3 is 2.87 bits per heavy atom. The number of aryl methyl sites for hydroxylation is 1. The van der Waals surface area contributed by atoms with Crippen LogP contribution in [0.15, 0.2) is 12.1 Å². The first kappa shape index (κ1) is 13.1. The number of hydrogen-bond donors (Lipinski definition) is 1. The van der Waals surface area contributed by atoms with E-state index in [0.717, 1.165) is 13.0 Å². The fourth-order valence-electron chi connectivity index (χ4n) is 1.53. The van der Waals surface area contributed by atoms with Gasteiger partial charge in [-0.3, -0.25) is 0 Å². The molecule has 1 aromatic rings. The second kappa shape index (κ2) is 7.31. The molecule has 0 saturated carbocycles. The summed E-state index contributed by atoms with van der Waals surface area (Å²) in [6.45, 7) is 5.59. The molecule has 1 atom stereocenters. The van der Waals surface area contributed by atoms with Crippen LogP contribution in [0.3, 0.4) is 0 Å². The SMILES string of the molecule is CSCCCNC(C)Cc1ccc(C)s1. The summed E-state index contributed by atoms with van der Waals surface area (Å²) in [5.74, 6) is 1.26. The Hall–Kier alpha value is 0.01000. The third-order valence-electron chi connectivity index (χ3n) is 2.32. The number of thioether (sulfide) groups is 1. The fourth-order valence-corrected chi connectivity index (χ4v) is 2.99. The Bertz CT molecular complexity index is 270. The molecule has 0 aromatic carbocycles. The van der Waals surface area contributed by atoms with E-state index >= 15 is 0 Å². The molecule has 0 aliphatic carbocycles. The maximum atomic E-state index is 3.57. The molecular formula is C12H21NS2. The van der Waals surface area contributed by atoms with Crippen LogP contribution < -0.4 is 5.32 Å². The van der Waals surface area contributed by atoms with Crippen molar-refractivity contribution in [1.29, 1.82) is 0 Å². The molecule has 1 heterocycles. The largest absolute Gasteiger partial charge is 0.314 e. The summed E-state index contributed by atoms with van der Waals surface area (Å²) in [6.07, 6.45) is 4.60. The van der Waals surface area contributed by atoms with Crippen LogP contribution in [-0.2, 0) is 6.42 Å². The molecule has 3 heteroatoms. The topological polar surface area (TPSA) is 12.0 Å². The molecule has 0 spiro atoms. The zero-order chi connectivity index (χ0) is 11.1. The quantitative estimate of drug-likeness (QED) is 0.737. The molecule has 0 amide bonds. The summed E-state index contributed by atoms with van der Waals surface area (Å²) in [7, 11) is 0. The van der Waals surface area contributed by atoms with Gasteiger partial charge in [-0.1, -0.05) is 0 Å². The molecule has 0 aliphatic heterocycles. The number of thiophene rings is 1. The van der Waals surface area contributed by atoms with Gasteiger partial charge < -0.3 is 5.32 Å². The van der Waals surface area contributed by atoms with E-state index in [1.807, 2.05) is 23.1 Å². The van der Waals surface area contributed by atoms with E-state index in [0.29, 0.717) is 6.04 Å². The minimum atomic E-state index is 0.602. The number of rotatable bonds is 7. The summed E-state index contributed by atoms with van der Waals surface area (Å²) in [5, 5.41) is 3.57. The van der Waals surface area contributed by atoms with Crippen molar-refractivity contribution in [1.82, 2.24) is 5.32 Å². The van der Waals surface area contributed by atoms with Crippen LogP contribution in [0.4, 0.5) is 0 Å². The monoisotopic (exact) mass is 243 g/mol. The highest BCUT2D eigenvalue weighted by molar-refractivity contribution is 7.98. The highest BCUT2D eigenvalue weighted by Gasteiger charge is 2.04. The second-order valence-electron chi connectivity index (χ2n) is 3.92. The molecule has 0 saturated heterocycles. The van der Waals surface area contributed by atoms with Crippen LogP contribution in [0.25, 0.3) is 0 Å². The van der Waals surface area contributed by atoms with Gasteiger partial charge in [-0.25, -0.2) is 0 Å². The van der Waals surface area contributed by atoms with E-state index in [2.05, 4.69) is 37.6 Å². The van der Waals surface area contributed by atoms with Gasteiger partial charge in [-0.15, -0.1) is 11.3 Å². The predicted octanol–water partition coefficient (Wildman–Crippen LogP) is 3.33. The molecule has 1 unspecified atom stereocenters. The van der Waals surface area contributed by atoms with Crippen molar-refractivity contribution in [2.45, 2.75) is 32.7 Å². The molecule has 1 N–H and O–H groups in total. The van der Waals surface area contributed by atoms with Gasteiger partial charge in [-0.05, 0) is 57.4 Å². The summed E-state index contributed by atoms with van der Waals surface area (Å²) < 4.78 is 0. The molecule has 0 fully saturated rings. The lowest BCUT2D eigenvalue weighted by atomic mass is 10.2. The summed E-state index contributed by atoms with van der Waals surface area (Å²) >= 11 is 3.84. The standard InChI is InChI=1S/C12H21NS2/c1-10(13-7-4-8-14-3)9-12-6-5-11(2)15-12/h5-6,10,13H,4,7-9H2,1-3H3. The molecular weight excluding hydrogens is 222 g/mol. The fraction of sp³-hybridized carbons (Fsp3) is 0.667. The summed E-state index contributed by atoms with van der Waals surface area (Å²) in [4.78, 5) is 2.91. The highest BCUT2D eigenvalue weighted by Crippen LogP contribution is 2.16. The van der Waals surface area contributed by atoms with Crippen molar-refractivity contribution < 1.29 is 0 Å². The zero-order valence-electron chi connectivity index (χ0n) is 9.88. The van der Waals surface area contributed by atoms with E-state index < -0.39 is 0 Å². The first-order valence-corrected chi connectivity index (χ1v) is 7.71. The Morgan fingerprint density at radius 2 is 2.27 bits per heavy atom. The molecule has 1 aromatic heterocycles. The van der Waals surface area contributed by atoms with Crippen molar-refractivity contribution in [3.8, 4) is 0 Å². The Labute approximate surface area is 102 Å². The summed E-state index contributed by atoms with van der Waals surface area (Å²) in [5.41, 5.74) is 0. The van der Waals surface area contributed by atoms with Crippen LogP contribution in [0.5, 0.6) is 0 Å². The van der Waals surface area contributed by atoms with Crippen LogP contribution in [0.1, 0.15) is 23.1 Å². The molecule has 0 bridgehead atoms. The van der Waals surface area contributed by atoms with E-state index in [4.69, 9.17) is 0 Å². The van der Waals surface area contributed by atoms with Crippen LogP contribution in [0, 0.1) is 6.92 Å². The Balaban J connectivity index is 2.15. The number of hydrogen-bond acceptors (Lipinski definition) is 3. The lowest BCUT2D eigenvalue weighted by molar-refractivity contribution is 0.548. The maximum absolute atomic E-state index is 3.57. The van der Waals surface area contributed by atoms with Crippen molar-refractivity contribution in [3.05, 3.63) is 21.9 Å². The van der Waals surface area contributed by atoms with Gasteiger partial charge in [0.2, 0.25) is 0 Å². The van der Waals surface area contributed by atoms with Gasteiger partial charge in [0.15, 0.2) is 0 Å². The van der Waals surface area contributed by atoms with Crippen molar-refractivity contribution in [3.63, 3.8) is 0 Å². The van der Waals surface area contributed by atoms with Crippen molar-refractivity contribution in [2.24, 2.45) is 0 Å². The smallest absolute Gasteiger partial charge is 0.00870 e. The maximum Gasteiger partial charge on any atom is 0.00870 e. The van der Waals surface area contributed by atoms with E-state index in [-0.39, 0.29) is 0 Å². The number of nitrogens with one attached hydrogen (secondary N) is 1. The Kier molecular flexibility index (Phi) is 6.37. The minimum Gasteiger partial charge on any atom is -0.314 e. The average Bonchev–Trinajstić information content (AvgIpc) is 2.59. The normalized spacial score (nSPS) is 13.0. The zero-order valence-corrected chi connectivity index (χ0v) is 11.5. The average molecular weight is 243 g/mol. The van der Waals surface area contributed by atoms with Gasteiger partial charge in [0.1, 0.15) is 0 Å². The van der Waals surface area contributed by atoms with Crippen LogP contribution in [-0.4, -0.2) is 24.6 Å². The van der Waals surface area contributed by atoms with E-state index in [1.165, 1.54) is 21.9 Å². The molecule has 0 radical (unpaired) electrons.